The highest BCUT2D eigenvalue weighted by Gasteiger charge is 2.21. The van der Waals surface area contributed by atoms with Gasteiger partial charge in [0.25, 0.3) is 0 Å². The number of ether oxygens (including phenoxy) is 1. The van der Waals surface area contributed by atoms with E-state index >= 15 is 0 Å². The molecule has 0 saturated carbocycles. The van der Waals surface area contributed by atoms with Gasteiger partial charge in [-0.05, 0) is 0 Å². The summed E-state index contributed by atoms with van der Waals surface area (Å²) < 4.78 is 4.97. The number of carbonyl (C=O) groups is 1. The molecular formula is C8H11N3O2. The van der Waals surface area contributed by atoms with Crippen molar-refractivity contribution in [2.45, 2.75) is 6.42 Å². The van der Waals surface area contributed by atoms with E-state index < -0.39 is 0 Å². The monoisotopic (exact) mass is 181 g/mol. The Labute approximate surface area is 75.5 Å². The summed E-state index contributed by atoms with van der Waals surface area (Å²) in [6, 6.07) is 0. The quantitative estimate of drug-likeness (QED) is 0.708. The van der Waals surface area contributed by atoms with E-state index in [2.05, 4.69) is 15.5 Å². The zero-order valence-corrected chi connectivity index (χ0v) is 7.12. The van der Waals surface area contributed by atoms with E-state index in [0.29, 0.717) is 31.2 Å². The maximum absolute atomic E-state index is 11.3. The van der Waals surface area contributed by atoms with Crippen LogP contribution in [0.25, 0.3) is 0 Å². The largest absolute Gasteiger partial charge is 0.381 e. The van der Waals surface area contributed by atoms with Gasteiger partial charge in [-0.25, -0.2) is 0 Å². The molecule has 0 aromatic carbocycles. The van der Waals surface area contributed by atoms with Crippen molar-refractivity contribution >= 4 is 11.6 Å². The third-order valence-corrected chi connectivity index (χ3v) is 1.96. The molecule has 1 saturated heterocycles. The number of hydrogen-bond acceptors (Lipinski definition) is 3. The number of anilines is 1. The first-order valence-electron chi connectivity index (χ1n) is 4.21. The lowest BCUT2D eigenvalue weighted by molar-refractivity contribution is -0.121. The average molecular weight is 181 g/mol. The van der Waals surface area contributed by atoms with Crippen LogP contribution in [0.3, 0.4) is 0 Å². The van der Waals surface area contributed by atoms with Crippen molar-refractivity contribution in [2.24, 2.45) is 5.92 Å². The van der Waals surface area contributed by atoms with Gasteiger partial charge in [-0.3, -0.25) is 9.89 Å². The first kappa shape index (κ1) is 8.25. The molecule has 70 valence electrons. The molecule has 5 nitrogen and oxygen atoms in total. The normalized spacial score (nSPS) is 16.6. The minimum absolute atomic E-state index is 0.0229. The molecule has 0 radical (unpaired) electrons. The minimum atomic E-state index is 0.0229. The second-order valence-electron chi connectivity index (χ2n) is 3.14. The number of rotatable bonds is 3. The Morgan fingerprint density at radius 3 is 3.15 bits per heavy atom. The van der Waals surface area contributed by atoms with Crippen molar-refractivity contribution < 1.29 is 9.53 Å². The predicted molar refractivity (Wildman–Crippen MR) is 46.1 cm³/mol. The van der Waals surface area contributed by atoms with Gasteiger partial charge in [0.15, 0.2) is 0 Å². The minimum Gasteiger partial charge on any atom is -0.381 e. The summed E-state index contributed by atoms with van der Waals surface area (Å²) in [6.45, 7) is 1.41. The molecule has 1 aromatic rings. The van der Waals surface area contributed by atoms with Gasteiger partial charge in [0.1, 0.15) is 0 Å². The summed E-state index contributed by atoms with van der Waals surface area (Å²) in [5, 5.41) is 9.08. The number of carbonyl (C=O) groups excluding carboxylic acids is 1. The van der Waals surface area contributed by atoms with Crippen molar-refractivity contribution in [3.8, 4) is 0 Å². The molecule has 2 N–H and O–H groups in total. The first-order chi connectivity index (χ1) is 6.34. The van der Waals surface area contributed by atoms with Gasteiger partial charge in [-0.1, -0.05) is 0 Å². The number of nitrogens with zero attached hydrogens (tertiary/aromatic N) is 1. The molecule has 0 atom stereocenters. The van der Waals surface area contributed by atoms with E-state index in [-0.39, 0.29) is 5.91 Å². The van der Waals surface area contributed by atoms with Crippen LogP contribution in [0.5, 0.6) is 0 Å². The standard InChI is InChI=1S/C8H11N3O2/c12-8(1-6-4-13-5-6)11-7-2-9-10-3-7/h2-3,6H,1,4-5H2,(H,9,10)(H,11,12). The van der Waals surface area contributed by atoms with E-state index in [1.807, 2.05) is 0 Å². The Morgan fingerprint density at radius 1 is 1.77 bits per heavy atom. The molecule has 1 aliphatic heterocycles. The summed E-state index contributed by atoms with van der Waals surface area (Å²) in [5.74, 6) is 0.418. The summed E-state index contributed by atoms with van der Waals surface area (Å²) >= 11 is 0. The molecular weight excluding hydrogens is 170 g/mol. The molecule has 1 aliphatic rings. The number of aromatic nitrogens is 2. The number of amides is 1. The number of H-pyrrole nitrogens is 1. The zero-order valence-electron chi connectivity index (χ0n) is 7.12. The Bertz CT molecular complexity index is 280. The fourth-order valence-corrected chi connectivity index (χ4v) is 1.20. The number of nitrogens with one attached hydrogen (secondary N) is 2. The average Bonchev–Trinajstić information content (AvgIpc) is 2.49. The molecule has 2 heterocycles. The van der Waals surface area contributed by atoms with Crippen molar-refractivity contribution in [1.29, 1.82) is 0 Å². The highest BCUT2D eigenvalue weighted by atomic mass is 16.5. The van der Waals surface area contributed by atoms with Crippen LogP contribution < -0.4 is 5.32 Å². The van der Waals surface area contributed by atoms with Crippen LogP contribution in [0.1, 0.15) is 6.42 Å². The highest BCUT2D eigenvalue weighted by Crippen LogP contribution is 2.15. The smallest absolute Gasteiger partial charge is 0.224 e. The third kappa shape index (κ3) is 2.06. The second-order valence-corrected chi connectivity index (χ2v) is 3.14. The summed E-state index contributed by atoms with van der Waals surface area (Å²) in [7, 11) is 0. The van der Waals surface area contributed by atoms with Crippen LogP contribution in [-0.2, 0) is 9.53 Å². The predicted octanol–water partition coefficient (Wildman–Crippen LogP) is 0.385. The molecule has 5 heteroatoms. The third-order valence-electron chi connectivity index (χ3n) is 1.96. The Hall–Kier alpha value is -1.36. The van der Waals surface area contributed by atoms with E-state index in [9.17, 15) is 4.79 Å². The number of hydrogen-bond donors (Lipinski definition) is 2. The molecule has 2 rings (SSSR count). The molecule has 0 aliphatic carbocycles. The molecule has 1 aromatic heterocycles. The molecule has 1 fully saturated rings. The summed E-state index contributed by atoms with van der Waals surface area (Å²) in [4.78, 5) is 11.3. The Morgan fingerprint density at radius 2 is 2.62 bits per heavy atom. The van der Waals surface area contributed by atoms with Crippen LogP contribution in [-0.4, -0.2) is 29.3 Å². The van der Waals surface area contributed by atoms with Gasteiger partial charge in [0.05, 0.1) is 25.1 Å². The first-order valence-corrected chi connectivity index (χ1v) is 4.21. The lowest BCUT2D eigenvalue weighted by Crippen LogP contribution is -2.31. The zero-order chi connectivity index (χ0) is 9.10. The molecule has 13 heavy (non-hydrogen) atoms. The van der Waals surface area contributed by atoms with E-state index in [1.54, 1.807) is 12.4 Å². The molecule has 0 unspecified atom stereocenters. The van der Waals surface area contributed by atoms with E-state index in [0.717, 1.165) is 0 Å². The van der Waals surface area contributed by atoms with Gasteiger partial charge in [0, 0.05) is 18.5 Å². The molecule has 0 bridgehead atoms. The van der Waals surface area contributed by atoms with Gasteiger partial charge in [0.2, 0.25) is 5.91 Å². The highest BCUT2D eigenvalue weighted by molar-refractivity contribution is 5.90. The maximum atomic E-state index is 11.3. The SMILES string of the molecule is O=C(CC1COC1)Nc1cn[nH]c1. The lowest BCUT2D eigenvalue weighted by Gasteiger charge is -2.24. The van der Waals surface area contributed by atoms with Crippen molar-refractivity contribution in [3.05, 3.63) is 12.4 Å². The molecule has 1 amide bonds. The summed E-state index contributed by atoms with van der Waals surface area (Å²) in [5.41, 5.74) is 0.713. The van der Waals surface area contributed by atoms with Crippen molar-refractivity contribution in [2.75, 3.05) is 18.5 Å². The maximum Gasteiger partial charge on any atom is 0.224 e. The van der Waals surface area contributed by atoms with Gasteiger partial charge < -0.3 is 10.1 Å². The fourth-order valence-electron chi connectivity index (χ4n) is 1.20. The van der Waals surface area contributed by atoms with Gasteiger partial charge in [-0.2, -0.15) is 5.10 Å². The van der Waals surface area contributed by atoms with Crippen LogP contribution in [0.2, 0.25) is 0 Å². The Kier molecular flexibility index (Phi) is 2.27. The van der Waals surface area contributed by atoms with Gasteiger partial charge >= 0.3 is 0 Å². The second kappa shape index (κ2) is 3.57. The van der Waals surface area contributed by atoms with Crippen LogP contribution in [0.15, 0.2) is 12.4 Å². The fraction of sp³-hybridized carbons (Fsp3) is 0.500. The van der Waals surface area contributed by atoms with Crippen LogP contribution in [0, 0.1) is 5.92 Å². The summed E-state index contributed by atoms with van der Waals surface area (Å²) in [6.07, 6.45) is 3.76. The molecule has 0 spiro atoms. The topological polar surface area (TPSA) is 67.0 Å². The van der Waals surface area contributed by atoms with Gasteiger partial charge in [-0.15, -0.1) is 0 Å². The van der Waals surface area contributed by atoms with Crippen molar-refractivity contribution in [3.63, 3.8) is 0 Å². The lowest BCUT2D eigenvalue weighted by atomic mass is 10.0. The van der Waals surface area contributed by atoms with E-state index in [1.165, 1.54) is 0 Å². The van der Waals surface area contributed by atoms with Crippen LogP contribution >= 0.6 is 0 Å². The number of aromatic amines is 1. The Balaban J connectivity index is 1.78. The van der Waals surface area contributed by atoms with E-state index in [4.69, 9.17) is 4.74 Å². The van der Waals surface area contributed by atoms with Crippen LogP contribution in [0.4, 0.5) is 5.69 Å². The van der Waals surface area contributed by atoms with Crippen molar-refractivity contribution in [1.82, 2.24) is 10.2 Å².